The summed E-state index contributed by atoms with van der Waals surface area (Å²) in [5.74, 6) is 1.19. The lowest BCUT2D eigenvalue weighted by atomic mass is 10.2. The standard InChI is InChI=1S/C15H9BrN2O3.2C2H6/c16-10-1-6-13-14(9-10)17-8-7-15(13)21-12-4-2-11(3-5-12)18(19)20;2*1-2/h1-9H;2*1-2H3. The second-order valence-corrected chi connectivity index (χ2v) is 5.24. The summed E-state index contributed by atoms with van der Waals surface area (Å²) in [6.07, 6.45) is 1.66. The minimum absolute atomic E-state index is 0.0332. The minimum Gasteiger partial charge on any atom is -0.457 e. The summed E-state index contributed by atoms with van der Waals surface area (Å²) in [4.78, 5) is 14.5. The van der Waals surface area contributed by atoms with Gasteiger partial charge in [-0.15, -0.1) is 0 Å². The molecule has 2 aromatic carbocycles. The third kappa shape index (κ3) is 5.53. The van der Waals surface area contributed by atoms with Gasteiger partial charge in [-0.2, -0.15) is 0 Å². The number of nitro benzene ring substituents is 1. The highest BCUT2D eigenvalue weighted by Gasteiger charge is 2.07. The first-order chi connectivity index (χ1) is 12.1. The summed E-state index contributed by atoms with van der Waals surface area (Å²) in [7, 11) is 0. The molecule has 6 heteroatoms. The molecule has 3 aromatic rings. The summed E-state index contributed by atoms with van der Waals surface area (Å²) in [5.41, 5.74) is 0.842. The summed E-state index contributed by atoms with van der Waals surface area (Å²) in [5, 5.41) is 11.5. The molecule has 0 aliphatic carbocycles. The average Bonchev–Trinajstić information content (AvgIpc) is 2.65. The normalized spacial score (nSPS) is 9.32. The number of benzene rings is 2. The van der Waals surface area contributed by atoms with Crippen LogP contribution in [0.5, 0.6) is 11.5 Å². The Morgan fingerprint density at radius 1 is 1.00 bits per heavy atom. The smallest absolute Gasteiger partial charge is 0.269 e. The first kappa shape index (κ1) is 20.6. The third-order valence-corrected chi connectivity index (χ3v) is 3.43. The Morgan fingerprint density at radius 2 is 1.64 bits per heavy atom. The van der Waals surface area contributed by atoms with Gasteiger partial charge >= 0.3 is 0 Å². The number of hydrogen-bond donors (Lipinski definition) is 0. The molecule has 3 rings (SSSR count). The van der Waals surface area contributed by atoms with Crippen LogP contribution in [0.4, 0.5) is 5.69 Å². The van der Waals surface area contributed by atoms with Crippen molar-refractivity contribution in [2.75, 3.05) is 0 Å². The van der Waals surface area contributed by atoms with Gasteiger partial charge in [-0.05, 0) is 36.4 Å². The molecule has 0 amide bonds. The van der Waals surface area contributed by atoms with Gasteiger partial charge in [0, 0.05) is 28.2 Å². The van der Waals surface area contributed by atoms with Crippen molar-refractivity contribution in [3.8, 4) is 11.5 Å². The lowest BCUT2D eigenvalue weighted by Crippen LogP contribution is -1.90. The molecular formula is C19H21BrN2O3. The van der Waals surface area contributed by atoms with Gasteiger partial charge in [0.25, 0.3) is 5.69 Å². The molecule has 5 nitrogen and oxygen atoms in total. The van der Waals surface area contributed by atoms with Crippen molar-refractivity contribution in [2.24, 2.45) is 0 Å². The number of pyridine rings is 1. The van der Waals surface area contributed by atoms with E-state index in [1.807, 2.05) is 45.9 Å². The number of halogens is 1. The largest absolute Gasteiger partial charge is 0.457 e. The van der Waals surface area contributed by atoms with Crippen molar-refractivity contribution in [1.29, 1.82) is 0 Å². The first-order valence-electron chi connectivity index (χ1n) is 8.10. The van der Waals surface area contributed by atoms with Crippen molar-refractivity contribution in [2.45, 2.75) is 27.7 Å². The van der Waals surface area contributed by atoms with Gasteiger partial charge in [0.2, 0.25) is 0 Å². The first-order valence-corrected chi connectivity index (χ1v) is 8.89. The molecule has 1 aromatic heterocycles. The number of nitro groups is 1. The molecule has 25 heavy (non-hydrogen) atoms. The van der Waals surface area contributed by atoms with E-state index in [2.05, 4.69) is 20.9 Å². The number of non-ortho nitro benzene ring substituents is 1. The predicted molar refractivity (Wildman–Crippen MR) is 105 cm³/mol. The molecule has 0 N–H and O–H groups in total. The molecule has 0 saturated carbocycles. The SMILES string of the molecule is CC.CC.O=[N+]([O-])c1ccc(Oc2ccnc3cc(Br)ccc23)cc1. The van der Waals surface area contributed by atoms with Crippen LogP contribution < -0.4 is 4.74 Å². The Kier molecular flexibility index (Phi) is 8.56. The minimum atomic E-state index is -0.441. The van der Waals surface area contributed by atoms with E-state index >= 15 is 0 Å². The van der Waals surface area contributed by atoms with Crippen molar-refractivity contribution in [3.05, 3.63) is 69.3 Å². The monoisotopic (exact) mass is 404 g/mol. The number of nitrogens with zero attached hydrogens (tertiary/aromatic N) is 2. The van der Waals surface area contributed by atoms with Gasteiger partial charge in [-0.25, -0.2) is 0 Å². The van der Waals surface area contributed by atoms with Crippen LogP contribution >= 0.6 is 15.9 Å². The van der Waals surface area contributed by atoms with Gasteiger partial charge in [0.05, 0.1) is 10.4 Å². The van der Waals surface area contributed by atoms with Crippen molar-refractivity contribution in [1.82, 2.24) is 4.98 Å². The Labute approximate surface area is 155 Å². The molecule has 0 unspecified atom stereocenters. The molecule has 0 radical (unpaired) electrons. The lowest BCUT2D eigenvalue weighted by molar-refractivity contribution is -0.384. The van der Waals surface area contributed by atoms with E-state index in [4.69, 9.17) is 4.74 Å². The fourth-order valence-electron chi connectivity index (χ4n) is 1.95. The van der Waals surface area contributed by atoms with E-state index in [1.165, 1.54) is 12.1 Å². The lowest BCUT2D eigenvalue weighted by Gasteiger charge is -2.08. The van der Waals surface area contributed by atoms with Gasteiger partial charge in [-0.1, -0.05) is 43.6 Å². The average molecular weight is 405 g/mol. The maximum absolute atomic E-state index is 10.6. The van der Waals surface area contributed by atoms with E-state index in [-0.39, 0.29) is 5.69 Å². The molecule has 132 valence electrons. The molecule has 0 aliphatic heterocycles. The summed E-state index contributed by atoms with van der Waals surface area (Å²) in [6, 6.07) is 13.5. The number of hydrogen-bond acceptors (Lipinski definition) is 4. The van der Waals surface area contributed by atoms with E-state index in [1.54, 1.807) is 24.4 Å². The molecule has 0 atom stereocenters. The summed E-state index contributed by atoms with van der Waals surface area (Å²) < 4.78 is 6.73. The van der Waals surface area contributed by atoms with Crippen LogP contribution in [0.15, 0.2) is 59.2 Å². The highest BCUT2D eigenvalue weighted by molar-refractivity contribution is 9.10. The van der Waals surface area contributed by atoms with E-state index in [0.29, 0.717) is 11.5 Å². The summed E-state index contributed by atoms with van der Waals surface area (Å²) in [6.45, 7) is 8.00. The van der Waals surface area contributed by atoms with Crippen LogP contribution in [0, 0.1) is 10.1 Å². The van der Waals surface area contributed by atoms with Crippen LogP contribution in [-0.4, -0.2) is 9.91 Å². The van der Waals surface area contributed by atoms with Gasteiger partial charge in [-0.3, -0.25) is 15.1 Å². The van der Waals surface area contributed by atoms with Crippen LogP contribution in [0.2, 0.25) is 0 Å². The topological polar surface area (TPSA) is 65.3 Å². The van der Waals surface area contributed by atoms with Crippen LogP contribution in [-0.2, 0) is 0 Å². The molecule has 0 saturated heterocycles. The maximum atomic E-state index is 10.6. The molecule has 0 bridgehead atoms. The fraction of sp³-hybridized carbons (Fsp3) is 0.211. The Morgan fingerprint density at radius 3 is 2.24 bits per heavy atom. The highest BCUT2D eigenvalue weighted by Crippen LogP contribution is 2.30. The zero-order valence-electron chi connectivity index (χ0n) is 14.7. The molecule has 0 aliphatic rings. The van der Waals surface area contributed by atoms with Crippen molar-refractivity contribution >= 4 is 32.5 Å². The summed E-state index contributed by atoms with van der Waals surface area (Å²) >= 11 is 3.40. The number of aromatic nitrogens is 1. The fourth-order valence-corrected chi connectivity index (χ4v) is 2.30. The third-order valence-electron chi connectivity index (χ3n) is 2.94. The molecular weight excluding hydrogens is 384 g/mol. The van der Waals surface area contributed by atoms with Crippen LogP contribution in [0.1, 0.15) is 27.7 Å². The second-order valence-electron chi connectivity index (χ2n) is 4.32. The number of fused-ring (bicyclic) bond motifs is 1. The highest BCUT2D eigenvalue weighted by atomic mass is 79.9. The van der Waals surface area contributed by atoms with Gasteiger partial charge in [0.1, 0.15) is 11.5 Å². The van der Waals surface area contributed by atoms with Crippen LogP contribution in [0.25, 0.3) is 10.9 Å². The van der Waals surface area contributed by atoms with Gasteiger partial charge in [0.15, 0.2) is 0 Å². The zero-order valence-corrected chi connectivity index (χ0v) is 16.3. The molecule has 0 fully saturated rings. The maximum Gasteiger partial charge on any atom is 0.269 e. The Balaban J connectivity index is 0.000000730. The molecule has 0 spiro atoms. The van der Waals surface area contributed by atoms with E-state index in [9.17, 15) is 10.1 Å². The predicted octanol–water partition coefficient (Wildman–Crippen LogP) is 6.75. The van der Waals surface area contributed by atoms with Crippen LogP contribution in [0.3, 0.4) is 0 Å². The Hall–Kier alpha value is -2.47. The zero-order chi connectivity index (χ0) is 18.8. The Bertz CT molecular complexity index is 821. The van der Waals surface area contributed by atoms with Gasteiger partial charge < -0.3 is 4.74 Å². The van der Waals surface area contributed by atoms with Crippen molar-refractivity contribution in [3.63, 3.8) is 0 Å². The van der Waals surface area contributed by atoms with E-state index in [0.717, 1.165) is 15.4 Å². The number of rotatable bonds is 3. The second kappa shape index (κ2) is 10.4. The van der Waals surface area contributed by atoms with Crippen molar-refractivity contribution < 1.29 is 9.66 Å². The quantitative estimate of drug-likeness (QED) is 0.357. The van der Waals surface area contributed by atoms with E-state index < -0.39 is 4.92 Å². The number of ether oxygens (including phenoxy) is 1. The molecule has 1 heterocycles.